The van der Waals surface area contributed by atoms with Gasteiger partial charge in [0, 0.05) is 19.3 Å². The van der Waals surface area contributed by atoms with E-state index in [0.717, 1.165) is 21.5 Å². The molecule has 0 spiro atoms. The maximum absolute atomic E-state index is 9.90. The lowest BCUT2D eigenvalue weighted by molar-refractivity contribution is 0.105. The van der Waals surface area contributed by atoms with Crippen LogP contribution in [-0.2, 0) is 6.54 Å². The Morgan fingerprint density at radius 3 is 2.95 bits per heavy atom. The molecule has 0 saturated carbocycles. The van der Waals surface area contributed by atoms with Crippen LogP contribution in [0.2, 0.25) is 0 Å². The summed E-state index contributed by atoms with van der Waals surface area (Å²) in [5.74, 6) is 0.730. The van der Waals surface area contributed by atoms with Crippen LogP contribution in [0.1, 0.15) is 11.3 Å². The third-order valence-corrected chi connectivity index (χ3v) is 3.45. The molecule has 0 radical (unpaired) electrons. The average Bonchev–Trinajstić information content (AvgIpc) is 2.47. The molecular formula is C15H18BrN3O2. The Bertz CT molecular complexity index is 566. The summed E-state index contributed by atoms with van der Waals surface area (Å²) >= 11 is 3.44. The normalized spacial score (nSPS) is 12.1. The molecule has 0 fully saturated rings. The summed E-state index contributed by atoms with van der Waals surface area (Å²) in [6.07, 6.45) is 1.04. The SMILES string of the molecule is Cc1ccc(OCC(O)CNCc2cccnn2)c(Br)c1. The smallest absolute Gasteiger partial charge is 0.133 e. The fraction of sp³-hybridized carbons (Fsp3) is 0.333. The number of nitrogens with zero attached hydrogens (tertiary/aromatic N) is 2. The summed E-state index contributed by atoms with van der Waals surface area (Å²) in [4.78, 5) is 0. The molecule has 2 rings (SSSR count). The third kappa shape index (κ3) is 5.41. The molecule has 1 heterocycles. The van der Waals surface area contributed by atoms with Crippen LogP contribution in [-0.4, -0.2) is 34.6 Å². The second kappa shape index (κ2) is 8.07. The highest BCUT2D eigenvalue weighted by atomic mass is 79.9. The Balaban J connectivity index is 1.71. The number of hydrogen-bond donors (Lipinski definition) is 2. The zero-order valence-corrected chi connectivity index (χ0v) is 13.4. The van der Waals surface area contributed by atoms with E-state index in [1.165, 1.54) is 0 Å². The van der Waals surface area contributed by atoms with Gasteiger partial charge in [0.2, 0.25) is 0 Å². The van der Waals surface area contributed by atoms with Crippen molar-refractivity contribution in [2.24, 2.45) is 0 Å². The first-order chi connectivity index (χ1) is 10.1. The highest BCUT2D eigenvalue weighted by Crippen LogP contribution is 2.25. The molecule has 1 atom stereocenters. The molecule has 0 bridgehead atoms. The topological polar surface area (TPSA) is 67.3 Å². The number of aromatic nitrogens is 2. The molecular weight excluding hydrogens is 334 g/mol. The van der Waals surface area contributed by atoms with Crippen LogP contribution >= 0.6 is 15.9 Å². The van der Waals surface area contributed by atoms with Crippen LogP contribution in [0.5, 0.6) is 5.75 Å². The van der Waals surface area contributed by atoms with Gasteiger partial charge in [-0.15, -0.1) is 0 Å². The number of aliphatic hydroxyl groups is 1. The number of nitrogens with one attached hydrogen (secondary N) is 1. The predicted octanol–water partition coefficient (Wildman–Crippen LogP) is 2.08. The van der Waals surface area contributed by atoms with Crippen LogP contribution in [0.15, 0.2) is 41.0 Å². The molecule has 0 amide bonds. The van der Waals surface area contributed by atoms with Gasteiger partial charge in [0.05, 0.1) is 10.2 Å². The number of aryl methyl sites for hydroxylation is 1. The zero-order valence-electron chi connectivity index (χ0n) is 11.8. The van der Waals surface area contributed by atoms with E-state index in [2.05, 4.69) is 31.4 Å². The molecule has 0 aliphatic rings. The number of aliphatic hydroxyl groups excluding tert-OH is 1. The minimum atomic E-state index is -0.588. The van der Waals surface area contributed by atoms with Gasteiger partial charge in [-0.2, -0.15) is 10.2 Å². The highest BCUT2D eigenvalue weighted by Gasteiger charge is 2.07. The Kier molecular flexibility index (Phi) is 6.10. The van der Waals surface area contributed by atoms with E-state index in [1.807, 2.05) is 37.3 Å². The van der Waals surface area contributed by atoms with E-state index in [9.17, 15) is 5.11 Å². The molecule has 2 N–H and O–H groups in total. The molecule has 112 valence electrons. The predicted molar refractivity (Wildman–Crippen MR) is 84.1 cm³/mol. The van der Waals surface area contributed by atoms with E-state index in [0.29, 0.717) is 13.1 Å². The first kappa shape index (κ1) is 15.9. The van der Waals surface area contributed by atoms with Gasteiger partial charge < -0.3 is 15.2 Å². The maximum atomic E-state index is 9.90. The molecule has 0 aliphatic carbocycles. The molecule has 6 heteroatoms. The van der Waals surface area contributed by atoms with E-state index in [1.54, 1.807) is 6.20 Å². The average molecular weight is 352 g/mol. The minimum absolute atomic E-state index is 0.231. The van der Waals surface area contributed by atoms with Gasteiger partial charge in [-0.05, 0) is 52.7 Å². The van der Waals surface area contributed by atoms with Crippen molar-refractivity contribution in [3.05, 3.63) is 52.3 Å². The van der Waals surface area contributed by atoms with E-state index in [-0.39, 0.29) is 6.61 Å². The van der Waals surface area contributed by atoms with Crippen LogP contribution in [0.3, 0.4) is 0 Å². The number of hydrogen-bond acceptors (Lipinski definition) is 5. The Labute approximate surface area is 132 Å². The van der Waals surface area contributed by atoms with Crippen molar-refractivity contribution in [1.29, 1.82) is 0 Å². The summed E-state index contributed by atoms with van der Waals surface area (Å²) in [5.41, 5.74) is 1.99. The van der Waals surface area contributed by atoms with Gasteiger partial charge >= 0.3 is 0 Å². The fourth-order valence-electron chi connectivity index (χ4n) is 1.76. The van der Waals surface area contributed by atoms with Gasteiger partial charge in [0.1, 0.15) is 18.5 Å². The monoisotopic (exact) mass is 351 g/mol. The van der Waals surface area contributed by atoms with Crippen LogP contribution < -0.4 is 10.1 Å². The molecule has 0 aliphatic heterocycles. The Morgan fingerprint density at radius 1 is 1.38 bits per heavy atom. The van der Waals surface area contributed by atoms with Crippen LogP contribution in [0, 0.1) is 6.92 Å². The standard InChI is InChI=1S/C15H18BrN3O2/c1-11-4-5-15(14(16)7-11)21-10-13(20)9-17-8-12-3-2-6-18-19-12/h2-7,13,17,20H,8-10H2,1H3. The van der Waals surface area contributed by atoms with Gasteiger partial charge in [-0.25, -0.2) is 0 Å². The summed E-state index contributed by atoms with van der Waals surface area (Å²) in [6, 6.07) is 9.55. The number of rotatable bonds is 7. The van der Waals surface area contributed by atoms with Crippen molar-refractivity contribution in [3.63, 3.8) is 0 Å². The first-order valence-corrected chi connectivity index (χ1v) is 7.49. The van der Waals surface area contributed by atoms with Crippen molar-refractivity contribution in [1.82, 2.24) is 15.5 Å². The molecule has 21 heavy (non-hydrogen) atoms. The summed E-state index contributed by atoms with van der Waals surface area (Å²) < 4.78 is 6.48. The summed E-state index contributed by atoms with van der Waals surface area (Å²) in [7, 11) is 0. The first-order valence-electron chi connectivity index (χ1n) is 6.69. The van der Waals surface area contributed by atoms with Crippen molar-refractivity contribution in [3.8, 4) is 5.75 Å². The van der Waals surface area contributed by atoms with Gasteiger partial charge in [0.25, 0.3) is 0 Å². The lowest BCUT2D eigenvalue weighted by Crippen LogP contribution is -2.31. The number of halogens is 1. The number of ether oxygens (including phenoxy) is 1. The zero-order chi connectivity index (χ0) is 15.1. The van der Waals surface area contributed by atoms with E-state index >= 15 is 0 Å². The maximum Gasteiger partial charge on any atom is 0.133 e. The van der Waals surface area contributed by atoms with Gasteiger partial charge in [-0.3, -0.25) is 0 Å². The highest BCUT2D eigenvalue weighted by molar-refractivity contribution is 9.10. The van der Waals surface area contributed by atoms with Crippen molar-refractivity contribution in [2.45, 2.75) is 19.6 Å². The van der Waals surface area contributed by atoms with E-state index < -0.39 is 6.10 Å². The molecule has 1 aromatic heterocycles. The van der Waals surface area contributed by atoms with Crippen molar-refractivity contribution < 1.29 is 9.84 Å². The van der Waals surface area contributed by atoms with E-state index in [4.69, 9.17) is 4.74 Å². The fourth-order valence-corrected chi connectivity index (χ4v) is 2.37. The van der Waals surface area contributed by atoms with Gasteiger partial charge in [-0.1, -0.05) is 6.07 Å². The second-order valence-electron chi connectivity index (χ2n) is 4.74. The largest absolute Gasteiger partial charge is 0.490 e. The summed E-state index contributed by atoms with van der Waals surface area (Å²) in [5, 5.41) is 20.8. The third-order valence-electron chi connectivity index (χ3n) is 2.83. The Hall–Kier alpha value is -1.50. The molecule has 5 nitrogen and oxygen atoms in total. The van der Waals surface area contributed by atoms with Gasteiger partial charge in [0.15, 0.2) is 0 Å². The Morgan fingerprint density at radius 2 is 2.24 bits per heavy atom. The second-order valence-corrected chi connectivity index (χ2v) is 5.60. The number of benzene rings is 1. The molecule has 0 saturated heterocycles. The summed E-state index contributed by atoms with van der Waals surface area (Å²) in [6.45, 7) is 3.24. The quantitative estimate of drug-likeness (QED) is 0.799. The molecule has 1 unspecified atom stereocenters. The lowest BCUT2D eigenvalue weighted by Gasteiger charge is -2.14. The van der Waals surface area contributed by atoms with Crippen molar-refractivity contribution in [2.75, 3.05) is 13.2 Å². The van der Waals surface area contributed by atoms with Crippen LogP contribution in [0.4, 0.5) is 0 Å². The molecule has 1 aromatic carbocycles. The van der Waals surface area contributed by atoms with Crippen LogP contribution in [0.25, 0.3) is 0 Å². The van der Waals surface area contributed by atoms with Crippen molar-refractivity contribution >= 4 is 15.9 Å². The minimum Gasteiger partial charge on any atom is -0.490 e. The lowest BCUT2D eigenvalue weighted by atomic mass is 10.2. The molecule has 2 aromatic rings.